The number of rotatable bonds is 3. The Bertz CT molecular complexity index is 687. The van der Waals surface area contributed by atoms with Crippen LogP contribution in [0.4, 0.5) is 5.82 Å². The molecule has 1 aromatic rings. The minimum Gasteiger partial charge on any atom is -0.342 e. The van der Waals surface area contributed by atoms with Crippen LogP contribution in [0.15, 0.2) is 18.3 Å². The number of aromatic nitrogens is 1. The van der Waals surface area contributed by atoms with E-state index in [1.54, 1.807) is 12.1 Å². The first-order valence-corrected chi connectivity index (χ1v) is 9.87. The van der Waals surface area contributed by atoms with Gasteiger partial charge in [-0.25, -0.2) is 4.98 Å². The van der Waals surface area contributed by atoms with Crippen molar-refractivity contribution in [2.24, 2.45) is 17.3 Å². The first kappa shape index (κ1) is 23.2. The van der Waals surface area contributed by atoms with E-state index < -0.39 is 0 Å². The molecule has 28 heavy (non-hydrogen) atoms. The fraction of sp³-hybridized carbons (Fsp3) is 0.632. The topological polar surface area (TPSA) is 74.3 Å². The summed E-state index contributed by atoms with van der Waals surface area (Å²) in [5.74, 6) is 0.957. The number of nitrogens with zero attached hydrogens (tertiary/aromatic N) is 2. The van der Waals surface area contributed by atoms with Crippen LogP contribution in [0, 0.1) is 17.3 Å². The largest absolute Gasteiger partial charge is 0.342 e. The number of carbonyl (C=O) groups excluding carboxylic acids is 2. The monoisotopic (exact) mass is 448 g/mol. The molecule has 2 saturated heterocycles. The molecule has 3 heterocycles. The Morgan fingerprint density at radius 1 is 1.18 bits per heavy atom. The molecule has 6 nitrogen and oxygen atoms in total. The van der Waals surface area contributed by atoms with Gasteiger partial charge in [0, 0.05) is 31.1 Å². The quantitative estimate of drug-likeness (QED) is 0.743. The van der Waals surface area contributed by atoms with E-state index in [2.05, 4.69) is 15.6 Å². The van der Waals surface area contributed by atoms with Crippen LogP contribution in [0.5, 0.6) is 0 Å². The third-order valence-corrected chi connectivity index (χ3v) is 6.47. The predicted molar refractivity (Wildman–Crippen MR) is 114 cm³/mol. The Labute approximate surface area is 183 Å². The van der Waals surface area contributed by atoms with E-state index >= 15 is 0 Å². The number of likely N-dealkylation sites (tertiary alicyclic amines) is 1. The Hall–Kier alpha value is -1.08. The molecule has 1 unspecified atom stereocenters. The minimum absolute atomic E-state index is 0. The molecule has 156 valence electrons. The highest BCUT2D eigenvalue weighted by molar-refractivity contribution is 6.30. The summed E-state index contributed by atoms with van der Waals surface area (Å²) in [6.45, 7) is 3.42. The zero-order valence-electron chi connectivity index (χ0n) is 15.7. The highest BCUT2D eigenvalue weighted by Gasteiger charge is 2.58. The van der Waals surface area contributed by atoms with Gasteiger partial charge in [-0.3, -0.25) is 9.59 Å². The minimum atomic E-state index is -0.0661. The number of hydrogen-bond acceptors (Lipinski definition) is 4. The molecular formula is C19H27Cl3N4O2. The molecule has 0 radical (unpaired) electrons. The number of hydrogen-bond donors (Lipinski definition) is 2. The summed E-state index contributed by atoms with van der Waals surface area (Å²) in [5.41, 5.74) is 0.275. The Kier molecular flexibility index (Phi) is 7.97. The van der Waals surface area contributed by atoms with Gasteiger partial charge in [-0.05, 0) is 62.7 Å². The summed E-state index contributed by atoms with van der Waals surface area (Å²) in [5, 5.41) is 6.77. The summed E-state index contributed by atoms with van der Waals surface area (Å²) in [6.07, 6.45) is 6.24. The van der Waals surface area contributed by atoms with Gasteiger partial charge in [-0.15, -0.1) is 24.8 Å². The summed E-state index contributed by atoms with van der Waals surface area (Å²) in [4.78, 5) is 31.3. The standard InChI is InChI=1S/C19H25ClN4O2.2ClH/c20-14-1-2-16(22-12-14)23-17(25)13-3-9-24(10-4-13)18(26)15-11-19(15)5-7-21-8-6-19;;/h1-2,12-13,15,21H,3-11H2,(H,22,23,25);2*1H. The number of halogens is 3. The first-order valence-electron chi connectivity index (χ1n) is 9.49. The lowest BCUT2D eigenvalue weighted by molar-refractivity contribution is -0.136. The molecule has 2 N–H and O–H groups in total. The zero-order chi connectivity index (χ0) is 18.1. The van der Waals surface area contributed by atoms with Crippen LogP contribution in [0.3, 0.4) is 0 Å². The Balaban J connectivity index is 0.00000140. The van der Waals surface area contributed by atoms with Crippen molar-refractivity contribution in [1.82, 2.24) is 15.2 Å². The van der Waals surface area contributed by atoms with Crippen molar-refractivity contribution >= 4 is 54.0 Å². The van der Waals surface area contributed by atoms with E-state index in [0.29, 0.717) is 42.7 Å². The van der Waals surface area contributed by atoms with Gasteiger partial charge in [0.1, 0.15) is 5.82 Å². The maximum absolute atomic E-state index is 12.8. The number of piperidine rings is 2. The van der Waals surface area contributed by atoms with Gasteiger partial charge < -0.3 is 15.5 Å². The highest BCUT2D eigenvalue weighted by atomic mass is 35.5. The lowest BCUT2D eigenvalue weighted by atomic mass is 9.90. The highest BCUT2D eigenvalue weighted by Crippen LogP contribution is 2.59. The van der Waals surface area contributed by atoms with E-state index in [-0.39, 0.29) is 48.0 Å². The summed E-state index contributed by atoms with van der Waals surface area (Å²) >= 11 is 5.81. The average molecular weight is 450 g/mol. The molecule has 0 aromatic carbocycles. The molecule has 1 aliphatic carbocycles. The van der Waals surface area contributed by atoms with Gasteiger partial charge >= 0.3 is 0 Å². The van der Waals surface area contributed by atoms with E-state index in [9.17, 15) is 9.59 Å². The molecule has 1 aromatic heterocycles. The third-order valence-electron chi connectivity index (χ3n) is 6.24. The second kappa shape index (κ2) is 9.61. The van der Waals surface area contributed by atoms with Crippen molar-refractivity contribution < 1.29 is 9.59 Å². The van der Waals surface area contributed by atoms with Crippen molar-refractivity contribution in [2.75, 3.05) is 31.5 Å². The molecular weight excluding hydrogens is 423 g/mol. The van der Waals surface area contributed by atoms with E-state index in [0.717, 1.165) is 32.4 Å². The van der Waals surface area contributed by atoms with Crippen molar-refractivity contribution in [3.63, 3.8) is 0 Å². The zero-order valence-corrected chi connectivity index (χ0v) is 18.0. The normalized spacial score (nSPS) is 23.3. The third kappa shape index (κ3) is 4.90. The maximum Gasteiger partial charge on any atom is 0.228 e. The maximum atomic E-state index is 12.8. The van der Waals surface area contributed by atoms with Gasteiger partial charge in [0.2, 0.25) is 11.8 Å². The second-order valence-electron chi connectivity index (χ2n) is 7.82. The molecule has 9 heteroatoms. The number of nitrogens with one attached hydrogen (secondary N) is 2. The molecule has 1 spiro atoms. The van der Waals surface area contributed by atoms with Crippen molar-refractivity contribution in [3.8, 4) is 0 Å². The lowest BCUT2D eigenvalue weighted by Crippen LogP contribution is -2.43. The van der Waals surface area contributed by atoms with Crippen LogP contribution in [0.2, 0.25) is 5.02 Å². The van der Waals surface area contributed by atoms with E-state index in [1.165, 1.54) is 6.20 Å². The SMILES string of the molecule is Cl.Cl.O=C(Nc1ccc(Cl)cn1)C1CCN(C(=O)C2CC23CCNCC3)CC1. The number of amides is 2. The van der Waals surface area contributed by atoms with Crippen LogP contribution in [-0.2, 0) is 9.59 Å². The van der Waals surface area contributed by atoms with Gasteiger partial charge in [0.15, 0.2) is 0 Å². The van der Waals surface area contributed by atoms with Gasteiger partial charge in [-0.1, -0.05) is 11.6 Å². The fourth-order valence-electron chi connectivity index (χ4n) is 4.43. The molecule has 0 bridgehead atoms. The van der Waals surface area contributed by atoms with Crippen molar-refractivity contribution in [1.29, 1.82) is 0 Å². The van der Waals surface area contributed by atoms with Crippen LogP contribution < -0.4 is 10.6 Å². The average Bonchev–Trinajstić information content (AvgIpc) is 3.36. The smallest absolute Gasteiger partial charge is 0.228 e. The summed E-state index contributed by atoms with van der Waals surface area (Å²) in [6, 6.07) is 3.40. The van der Waals surface area contributed by atoms with Gasteiger partial charge in [-0.2, -0.15) is 0 Å². The molecule has 3 fully saturated rings. The number of pyridine rings is 1. The van der Waals surface area contributed by atoms with Crippen LogP contribution in [0.25, 0.3) is 0 Å². The summed E-state index contributed by atoms with van der Waals surface area (Å²) in [7, 11) is 0. The first-order chi connectivity index (χ1) is 12.6. The summed E-state index contributed by atoms with van der Waals surface area (Å²) < 4.78 is 0. The number of anilines is 1. The second-order valence-corrected chi connectivity index (χ2v) is 8.26. The molecule has 2 amide bonds. The molecule has 1 atom stereocenters. The predicted octanol–water partition coefficient (Wildman–Crippen LogP) is 3.15. The molecule has 3 aliphatic rings. The van der Waals surface area contributed by atoms with Crippen LogP contribution >= 0.6 is 36.4 Å². The fourth-order valence-corrected chi connectivity index (χ4v) is 4.55. The van der Waals surface area contributed by atoms with Crippen molar-refractivity contribution in [3.05, 3.63) is 23.4 Å². The van der Waals surface area contributed by atoms with E-state index in [4.69, 9.17) is 11.6 Å². The van der Waals surface area contributed by atoms with Crippen molar-refractivity contribution in [2.45, 2.75) is 32.1 Å². The van der Waals surface area contributed by atoms with Gasteiger partial charge in [0.05, 0.1) is 5.02 Å². The Morgan fingerprint density at radius 3 is 2.46 bits per heavy atom. The molecule has 1 saturated carbocycles. The lowest BCUT2D eigenvalue weighted by Gasteiger charge is -2.32. The molecule has 2 aliphatic heterocycles. The Morgan fingerprint density at radius 2 is 1.86 bits per heavy atom. The number of carbonyl (C=O) groups is 2. The van der Waals surface area contributed by atoms with E-state index in [1.807, 2.05) is 4.90 Å². The van der Waals surface area contributed by atoms with Crippen LogP contribution in [0.1, 0.15) is 32.1 Å². The van der Waals surface area contributed by atoms with Gasteiger partial charge in [0.25, 0.3) is 0 Å². The van der Waals surface area contributed by atoms with Crippen LogP contribution in [-0.4, -0.2) is 47.9 Å². The molecule has 4 rings (SSSR count).